The van der Waals surface area contributed by atoms with E-state index in [0.717, 1.165) is 61.2 Å². The lowest BCUT2D eigenvalue weighted by molar-refractivity contribution is -0.144. The quantitative estimate of drug-likeness (QED) is 0.0866. The van der Waals surface area contributed by atoms with Crippen LogP contribution in [0.5, 0.6) is 11.5 Å². The number of nitrogens with zero attached hydrogens (tertiary/aromatic N) is 1. The first-order chi connectivity index (χ1) is 28.1. The van der Waals surface area contributed by atoms with Crippen molar-refractivity contribution in [2.75, 3.05) is 65.6 Å². The van der Waals surface area contributed by atoms with Crippen LogP contribution in [0.25, 0.3) is 0 Å². The normalized spacial score (nSPS) is 20.6. The van der Waals surface area contributed by atoms with Crippen LogP contribution in [0.1, 0.15) is 41.5 Å². The van der Waals surface area contributed by atoms with Crippen LogP contribution in [0.3, 0.4) is 0 Å². The van der Waals surface area contributed by atoms with Crippen LogP contribution in [0.15, 0.2) is 72.8 Å². The molecule has 6 N–H and O–H groups in total. The number of benzene rings is 3. The number of carbonyl (C=O) groups is 4. The monoisotopic (exact) mass is 798 g/mol. The van der Waals surface area contributed by atoms with Gasteiger partial charge in [0.05, 0.1) is 37.3 Å². The van der Waals surface area contributed by atoms with Crippen molar-refractivity contribution in [3.8, 4) is 11.5 Å². The van der Waals surface area contributed by atoms with Gasteiger partial charge in [-0.1, -0.05) is 48.5 Å². The van der Waals surface area contributed by atoms with Crippen molar-refractivity contribution >= 4 is 23.8 Å². The molecule has 3 aromatic rings. The van der Waals surface area contributed by atoms with Gasteiger partial charge < -0.3 is 45.6 Å². The third-order valence-electron chi connectivity index (χ3n) is 12.1. The molecule has 3 aliphatic rings. The highest BCUT2D eigenvalue weighted by atomic mass is 16.5. The number of nitrogens with one attached hydrogen (secondary N) is 3. The molecule has 3 saturated heterocycles. The fraction of sp³-hybridized carbons (Fsp3) is 0.511. The summed E-state index contributed by atoms with van der Waals surface area (Å²) in [6.45, 7) is 5.47. The number of hydrogen-bond acceptors (Lipinski definition) is 9. The van der Waals surface area contributed by atoms with Crippen LogP contribution in [0, 0.1) is 35.5 Å². The van der Waals surface area contributed by atoms with Crippen LogP contribution < -0.4 is 25.4 Å². The summed E-state index contributed by atoms with van der Waals surface area (Å²) >= 11 is 0. The second-order valence-electron chi connectivity index (χ2n) is 16.1. The van der Waals surface area contributed by atoms with Crippen LogP contribution >= 0.6 is 0 Å². The molecule has 1 amide bonds. The highest BCUT2D eigenvalue weighted by Gasteiger charge is 2.33. The van der Waals surface area contributed by atoms with Crippen molar-refractivity contribution < 1.29 is 44.0 Å². The van der Waals surface area contributed by atoms with E-state index in [1.807, 2.05) is 72.8 Å². The van der Waals surface area contributed by atoms with Crippen LogP contribution in [-0.4, -0.2) is 110 Å². The van der Waals surface area contributed by atoms with E-state index in [4.69, 9.17) is 9.47 Å². The van der Waals surface area contributed by atoms with E-state index in [9.17, 15) is 34.5 Å². The molecule has 13 nitrogen and oxygen atoms in total. The minimum absolute atomic E-state index is 0.0612. The number of carboxylic acid groups (broad SMARTS) is 3. The zero-order valence-corrected chi connectivity index (χ0v) is 33.2. The van der Waals surface area contributed by atoms with Gasteiger partial charge in [-0.2, -0.15) is 0 Å². The lowest BCUT2D eigenvalue weighted by Crippen LogP contribution is -2.38. The smallest absolute Gasteiger partial charge is 0.307 e. The van der Waals surface area contributed by atoms with E-state index in [0.29, 0.717) is 50.4 Å². The maximum absolute atomic E-state index is 14.0. The SMILES string of the molecule is O=C(O)C(Cc1cccc(CC(=O)N(CCOc2cccc(CC(C(=O)O)C3CCNC3)c2)CCOc2cccc(CC(C(=O)O)C3CCNC3)c2)c1)C1CCNC1. The predicted octanol–water partition coefficient (Wildman–Crippen LogP) is 3.77. The number of carboxylic acids is 3. The molecule has 0 spiro atoms. The molecular weight excluding hydrogens is 741 g/mol. The molecule has 13 heteroatoms. The van der Waals surface area contributed by atoms with Crippen LogP contribution in [0.2, 0.25) is 0 Å². The standard InChI is InChI=1S/C45H58N4O9/c50-42(26-31-5-1-4-30(20-31)23-39(43(51)52)34-10-13-46-27-34)49(16-18-57-37-8-2-6-32(21-37)24-40(44(53)54)35-11-14-47-28-35)17-19-58-38-9-3-7-33(22-38)25-41(45(55)56)36-12-15-48-29-36/h1-9,20-22,34-36,39-41,46-48H,10-19,23-29H2,(H,51,52)(H,53,54)(H,55,56). The van der Waals surface area contributed by atoms with Gasteiger partial charge in [-0.15, -0.1) is 0 Å². The minimum atomic E-state index is -0.807. The van der Waals surface area contributed by atoms with Crippen molar-refractivity contribution in [1.29, 1.82) is 0 Å². The largest absolute Gasteiger partial charge is 0.492 e. The summed E-state index contributed by atoms with van der Waals surface area (Å²) in [7, 11) is 0. The van der Waals surface area contributed by atoms with Gasteiger partial charge in [0.15, 0.2) is 0 Å². The molecule has 0 aliphatic carbocycles. The fourth-order valence-electron chi connectivity index (χ4n) is 8.78. The van der Waals surface area contributed by atoms with Crippen molar-refractivity contribution in [3.05, 3.63) is 95.1 Å². The minimum Gasteiger partial charge on any atom is -0.492 e. The molecule has 0 radical (unpaired) electrons. The summed E-state index contributed by atoms with van der Waals surface area (Å²) < 4.78 is 12.3. The average molecular weight is 799 g/mol. The fourth-order valence-corrected chi connectivity index (χ4v) is 8.78. The Balaban J connectivity index is 1.10. The zero-order chi connectivity index (χ0) is 40.9. The Kier molecular flexibility index (Phi) is 15.5. The summed E-state index contributed by atoms with van der Waals surface area (Å²) in [6, 6.07) is 22.5. The van der Waals surface area contributed by atoms with Gasteiger partial charge in [-0.05, 0) is 142 Å². The van der Waals surface area contributed by atoms with Crippen molar-refractivity contribution in [1.82, 2.24) is 20.9 Å². The zero-order valence-electron chi connectivity index (χ0n) is 33.2. The van der Waals surface area contributed by atoms with Crippen LogP contribution in [0.4, 0.5) is 0 Å². The van der Waals surface area contributed by atoms with Gasteiger partial charge in [-0.25, -0.2) is 0 Å². The Morgan fingerprint density at radius 1 is 0.569 bits per heavy atom. The molecule has 3 aromatic carbocycles. The number of hydrogen-bond donors (Lipinski definition) is 6. The molecule has 6 atom stereocenters. The molecule has 0 saturated carbocycles. The number of rotatable bonds is 22. The topological polar surface area (TPSA) is 187 Å². The number of aliphatic carboxylic acids is 3. The molecule has 6 rings (SSSR count). The Hall–Kier alpha value is -4.98. The molecule has 6 unspecified atom stereocenters. The Morgan fingerprint density at radius 2 is 0.948 bits per heavy atom. The third kappa shape index (κ3) is 12.3. The summed E-state index contributed by atoms with van der Waals surface area (Å²) in [5.41, 5.74) is 3.43. The van der Waals surface area contributed by atoms with E-state index < -0.39 is 35.7 Å². The molecule has 58 heavy (non-hydrogen) atoms. The van der Waals surface area contributed by atoms with Gasteiger partial charge in [0, 0.05) is 0 Å². The second kappa shape index (κ2) is 21.1. The summed E-state index contributed by atoms with van der Waals surface area (Å²) in [5.74, 6) is -2.62. The molecule has 3 heterocycles. The van der Waals surface area contributed by atoms with Crippen molar-refractivity contribution in [3.63, 3.8) is 0 Å². The molecule has 0 aromatic heterocycles. The summed E-state index contributed by atoms with van der Waals surface area (Å²) in [5, 5.41) is 39.7. The number of carbonyl (C=O) groups excluding carboxylic acids is 1. The predicted molar refractivity (Wildman–Crippen MR) is 218 cm³/mol. The second-order valence-corrected chi connectivity index (χ2v) is 16.1. The Bertz CT molecular complexity index is 1750. The van der Waals surface area contributed by atoms with E-state index in [1.165, 1.54) is 0 Å². The van der Waals surface area contributed by atoms with Gasteiger partial charge in [0.25, 0.3) is 0 Å². The maximum Gasteiger partial charge on any atom is 0.307 e. The van der Waals surface area contributed by atoms with Crippen LogP contribution in [-0.2, 0) is 44.9 Å². The van der Waals surface area contributed by atoms with Crippen molar-refractivity contribution in [2.24, 2.45) is 35.5 Å². The van der Waals surface area contributed by atoms with Gasteiger partial charge >= 0.3 is 17.9 Å². The maximum atomic E-state index is 14.0. The van der Waals surface area contributed by atoms with Gasteiger partial charge in [0.1, 0.15) is 24.7 Å². The number of ether oxygens (including phenoxy) is 2. The first-order valence-electron chi connectivity index (χ1n) is 20.7. The molecule has 3 fully saturated rings. The lowest BCUT2D eigenvalue weighted by Gasteiger charge is -2.24. The van der Waals surface area contributed by atoms with Gasteiger partial charge in [0.2, 0.25) is 5.91 Å². The van der Waals surface area contributed by atoms with E-state index in [1.54, 1.807) is 4.90 Å². The first kappa shape index (κ1) is 42.6. The first-order valence-corrected chi connectivity index (χ1v) is 20.7. The van der Waals surface area contributed by atoms with Crippen molar-refractivity contribution in [2.45, 2.75) is 44.9 Å². The average Bonchev–Trinajstić information content (AvgIpc) is 4.03. The molecule has 0 bridgehead atoms. The highest BCUT2D eigenvalue weighted by molar-refractivity contribution is 5.79. The Morgan fingerprint density at radius 3 is 1.33 bits per heavy atom. The number of amides is 1. The molecular formula is C45H58N4O9. The third-order valence-corrected chi connectivity index (χ3v) is 12.1. The summed E-state index contributed by atoms with van der Waals surface area (Å²) in [4.78, 5) is 52.1. The molecule has 3 aliphatic heterocycles. The highest BCUT2D eigenvalue weighted by Crippen LogP contribution is 2.28. The molecule has 312 valence electrons. The lowest BCUT2D eigenvalue weighted by atomic mass is 9.86. The van der Waals surface area contributed by atoms with E-state index in [2.05, 4.69) is 16.0 Å². The van der Waals surface area contributed by atoms with E-state index in [-0.39, 0.29) is 56.4 Å². The summed E-state index contributed by atoms with van der Waals surface area (Å²) in [6.07, 6.45) is 3.80. The Labute approximate surface area is 340 Å². The van der Waals surface area contributed by atoms with Gasteiger partial charge in [-0.3, -0.25) is 19.2 Å². The van der Waals surface area contributed by atoms with E-state index >= 15 is 0 Å².